The molecule has 0 aliphatic carbocycles. The Balaban J connectivity index is 1.32. The van der Waals surface area contributed by atoms with Gasteiger partial charge in [-0.1, -0.05) is 48.0 Å². The van der Waals surface area contributed by atoms with Gasteiger partial charge >= 0.3 is 6.09 Å². The van der Waals surface area contributed by atoms with Gasteiger partial charge in [0, 0.05) is 37.9 Å². The van der Waals surface area contributed by atoms with E-state index in [4.69, 9.17) is 26.1 Å². The predicted molar refractivity (Wildman–Crippen MR) is 184 cm³/mol. The molecule has 0 atom stereocenters. The number of sulfonamides is 1. The highest BCUT2D eigenvalue weighted by atomic mass is 35.5. The Bertz CT molecular complexity index is 2110. The van der Waals surface area contributed by atoms with Crippen molar-refractivity contribution in [1.29, 1.82) is 0 Å². The molecule has 9 nitrogen and oxygen atoms in total. The van der Waals surface area contributed by atoms with Crippen molar-refractivity contribution < 1.29 is 35.9 Å². The number of anilines is 1. The third kappa shape index (κ3) is 7.48. The number of methoxy groups -OCH3 is 1. The number of pyridine rings is 1. The molecule has 0 saturated carbocycles. The van der Waals surface area contributed by atoms with Crippen molar-refractivity contribution in [3.63, 3.8) is 0 Å². The van der Waals surface area contributed by atoms with Crippen LogP contribution >= 0.6 is 22.9 Å². The molecule has 0 spiro atoms. The number of benzene rings is 3. The molecule has 1 fully saturated rings. The summed E-state index contributed by atoms with van der Waals surface area (Å²) in [5.41, 5.74) is 1.23. The summed E-state index contributed by atoms with van der Waals surface area (Å²) in [5, 5.41) is 0.891. The summed E-state index contributed by atoms with van der Waals surface area (Å²) in [6.07, 6.45) is 2.25. The van der Waals surface area contributed by atoms with Crippen LogP contribution in [0.15, 0.2) is 90.0 Å². The molecular formula is C35H30ClF3N4O5S2. The van der Waals surface area contributed by atoms with Crippen LogP contribution in [-0.4, -0.2) is 56.3 Å². The number of piperidine rings is 1. The maximum atomic E-state index is 16.7. The molecule has 1 amide bonds. The second-order valence-corrected chi connectivity index (χ2v) is 14.6. The summed E-state index contributed by atoms with van der Waals surface area (Å²) < 4.78 is 83.8. The second kappa shape index (κ2) is 15.2. The summed E-state index contributed by atoms with van der Waals surface area (Å²) in [6.45, 7) is 0.320. The number of aromatic nitrogens is 2. The lowest BCUT2D eigenvalue weighted by atomic mass is 9.97. The van der Waals surface area contributed by atoms with Crippen molar-refractivity contribution in [3.8, 4) is 21.7 Å². The smallest absolute Gasteiger partial charge is 0.410 e. The van der Waals surface area contributed by atoms with Crippen molar-refractivity contribution in [2.75, 3.05) is 31.2 Å². The van der Waals surface area contributed by atoms with Crippen LogP contribution in [0.5, 0.6) is 0 Å². The van der Waals surface area contributed by atoms with E-state index in [-0.39, 0.29) is 28.9 Å². The molecule has 50 heavy (non-hydrogen) atoms. The standard InChI is InChI=1S/C35H30ClF3N4O5S2/c1-47-21-43(50(45,46)29-19-25(37)10-11-27(29)38)28-9-5-8-26(31(28)39)32-33(24-12-15-40-30(36)18-24)49-34(41-32)23-13-16-42(17-14-23)35(44)48-20-22-6-3-2-4-7-22/h2-12,15,18-19,23H,13-14,16-17,20-21H2,1H3. The molecule has 1 aliphatic heterocycles. The van der Waals surface area contributed by atoms with Crippen molar-refractivity contribution in [3.05, 3.63) is 118 Å². The number of amides is 1. The minimum Gasteiger partial charge on any atom is -0.445 e. The van der Waals surface area contributed by atoms with Crippen LogP contribution in [0.2, 0.25) is 5.15 Å². The highest BCUT2D eigenvalue weighted by molar-refractivity contribution is 7.92. The van der Waals surface area contributed by atoms with Crippen molar-refractivity contribution in [2.45, 2.75) is 30.3 Å². The molecule has 2 aromatic heterocycles. The molecular weight excluding hydrogens is 713 g/mol. The second-order valence-electron chi connectivity index (χ2n) is 11.4. The van der Waals surface area contributed by atoms with E-state index in [1.54, 1.807) is 17.0 Å². The number of halogens is 4. The van der Waals surface area contributed by atoms with Crippen molar-refractivity contribution in [2.24, 2.45) is 0 Å². The fraction of sp³-hybridized carbons (Fsp3) is 0.229. The molecule has 15 heteroatoms. The van der Waals surface area contributed by atoms with E-state index in [1.165, 1.54) is 42.8 Å². The van der Waals surface area contributed by atoms with E-state index in [0.717, 1.165) is 11.6 Å². The van der Waals surface area contributed by atoms with E-state index >= 15 is 4.39 Å². The molecule has 0 bridgehead atoms. The lowest BCUT2D eigenvalue weighted by Gasteiger charge is -2.30. The lowest BCUT2D eigenvalue weighted by Crippen LogP contribution is -2.38. The van der Waals surface area contributed by atoms with Crippen LogP contribution in [0, 0.1) is 17.5 Å². The van der Waals surface area contributed by atoms with E-state index in [9.17, 15) is 22.0 Å². The van der Waals surface area contributed by atoms with Gasteiger partial charge in [-0.05, 0) is 66.4 Å². The van der Waals surface area contributed by atoms with Gasteiger partial charge in [0.2, 0.25) is 0 Å². The molecule has 0 radical (unpaired) electrons. The number of ether oxygens (including phenoxy) is 2. The topological polar surface area (TPSA) is 102 Å². The number of rotatable bonds is 10. The van der Waals surface area contributed by atoms with Crippen LogP contribution in [0.3, 0.4) is 0 Å². The molecule has 1 saturated heterocycles. The first-order valence-electron chi connectivity index (χ1n) is 15.4. The van der Waals surface area contributed by atoms with E-state index in [1.807, 2.05) is 30.3 Å². The van der Waals surface area contributed by atoms with Gasteiger partial charge in [-0.25, -0.2) is 40.7 Å². The first-order valence-corrected chi connectivity index (χ1v) is 18.0. The molecule has 3 aromatic carbocycles. The largest absolute Gasteiger partial charge is 0.445 e. The van der Waals surface area contributed by atoms with Gasteiger partial charge in [-0.15, -0.1) is 11.3 Å². The zero-order chi connectivity index (χ0) is 35.4. The molecule has 1 aliphatic rings. The highest BCUT2D eigenvalue weighted by Crippen LogP contribution is 2.44. The molecule has 0 unspecified atom stereocenters. The number of hydrogen-bond donors (Lipinski definition) is 0. The normalized spacial score (nSPS) is 13.7. The number of likely N-dealkylation sites (tertiary alicyclic amines) is 1. The number of nitrogens with zero attached hydrogens (tertiary/aromatic N) is 4. The van der Waals surface area contributed by atoms with Gasteiger partial charge < -0.3 is 14.4 Å². The Morgan fingerprint density at radius 3 is 2.50 bits per heavy atom. The maximum absolute atomic E-state index is 16.7. The Morgan fingerprint density at radius 2 is 1.78 bits per heavy atom. The summed E-state index contributed by atoms with van der Waals surface area (Å²) in [7, 11) is -3.64. The lowest BCUT2D eigenvalue weighted by molar-refractivity contribution is 0.0870. The first-order chi connectivity index (χ1) is 24.1. The monoisotopic (exact) mass is 742 g/mol. The quantitative estimate of drug-likeness (QED) is 0.105. The maximum Gasteiger partial charge on any atom is 0.410 e. The first kappa shape index (κ1) is 35.3. The molecule has 260 valence electrons. The third-order valence-corrected chi connectivity index (χ3v) is 11.4. The van der Waals surface area contributed by atoms with Crippen LogP contribution < -0.4 is 4.31 Å². The van der Waals surface area contributed by atoms with Crippen LogP contribution in [0.4, 0.5) is 23.7 Å². The molecule has 6 rings (SSSR count). The SMILES string of the molecule is COCN(c1cccc(-c2nc(C3CCN(C(=O)OCc4ccccc4)CC3)sc2-c2ccnc(Cl)c2)c1F)S(=O)(=O)c1cc(F)ccc1F. The number of hydrogen-bond acceptors (Lipinski definition) is 8. The predicted octanol–water partition coefficient (Wildman–Crippen LogP) is 8.26. The van der Waals surface area contributed by atoms with Crippen LogP contribution in [0.25, 0.3) is 21.7 Å². The molecule has 5 aromatic rings. The average Bonchev–Trinajstić information content (AvgIpc) is 3.57. The van der Waals surface area contributed by atoms with E-state index < -0.39 is 50.9 Å². The number of thiazole rings is 1. The van der Waals surface area contributed by atoms with E-state index in [0.29, 0.717) is 57.8 Å². The van der Waals surface area contributed by atoms with Crippen LogP contribution in [-0.2, 0) is 26.1 Å². The Hall–Kier alpha value is -4.50. The fourth-order valence-corrected chi connectivity index (χ4v) is 8.50. The Morgan fingerprint density at radius 1 is 1.02 bits per heavy atom. The Kier molecular flexibility index (Phi) is 10.7. The van der Waals surface area contributed by atoms with Gasteiger partial charge in [0.1, 0.15) is 35.0 Å². The fourth-order valence-electron chi connectivity index (χ4n) is 5.63. The minimum absolute atomic E-state index is 0.0362. The molecule has 3 heterocycles. The third-order valence-electron chi connectivity index (χ3n) is 8.15. The van der Waals surface area contributed by atoms with Crippen molar-refractivity contribution in [1.82, 2.24) is 14.9 Å². The summed E-state index contributed by atoms with van der Waals surface area (Å²) in [5.74, 6) is -3.24. The summed E-state index contributed by atoms with van der Waals surface area (Å²) >= 11 is 7.56. The van der Waals surface area contributed by atoms with Gasteiger partial charge in [0.05, 0.1) is 21.3 Å². The summed E-state index contributed by atoms with van der Waals surface area (Å²) in [6, 6.07) is 18.8. The molecule has 0 N–H and O–H groups in total. The number of carbonyl (C=O) groups excluding carboxylic acids is 1. The van der Waals surface area contributed by atoms with Gasteiger partial charge in [-0.3, -0.25) is 0 Å². The van der Waals surface area contributed by atoms with Gasteiger partial charge in [0.25, 0.3) is 10.0 Å². The zero-order valence-corrected chi connectivity index (χ0v) is 29.0. The van der Waals surface area contributed by atoms with Gasteiger partial charge in [-0.2, -0.15) is 0 Å². The van der Waals surface area contributed by atoms with E-state index in [2.05, 4.69) is 4.98 Å². The Labute approximate surface area is 295 Å². The van der Waals surface area contributed by atoms with Crippen LogP contribution in [0.1, 0.15) is 29.3 Å². The minimum atomic E-state index is -4.84. The average molecular weight is 743 g/mol. The summed E-state index contributed by atoms with van der Waals surface area (Å²) in [4.78, 5) is 22.9. The zero-order valence-electron chi connectivity index (χ0n) is 26.6. The highest BCUT2D eigenvalue weighted by Gasteiger charge is 2.33. The van der Waals surface area contributed by atoms with Gasteiger partial charge in [0.15, 0.2) is 5.82 Å². The number of carbonyl (C=O) groups is 1. The van der Waals surface area contributed by atoms with Crippen molar-refractivity contribution >= 4 is 44.7 Å².